The number of piperidine rings is 1. The van der Waals surface area contributed by atoms with Crippen molar-refractivity contribution in [1.29, 1.82) is 0 Å². The molecule has 3 aromatic rings. The van der Waals surface area contributed by atoms with E-state index in [1.165, 1.54) is 61.3 Å². The highest BCUT2D eigenvalue weighted by atomic mass is 15.4. The largest absolute Gasteiger partial charge is 0.346 e. The molecule has 1 saturated carbocycles. The van der Waals surface area contributed by atoms with Gasteiger partial charge in [-0.2, -0.15) is 5.10 Å². The van der Waals surface area contributed by atoms with Gasteiger partial charge in [0.25, 0.3) is 0 Å². The van der Waals surface area contributed by atoms with Gasteiger partial charge in [-0.1, -0.05) is 39.3 Å². The monoisotopic (exact) mass is 575 g/mol. The third-order valence-electron chi connectivity index (χ3n) is 10.3. The van der Waals surface area contributed by atoms with Crippen molar-refractivity contribution < 1.29 is 0 Å². The fraction of sp³-hybridized carbons (Fsp3) is 0.472. The van der Waals surface area contributed by atoms with E-state index in [1.54, 1.807) is 0 Å². The van der Waals surface area contributed by atoms with E-state index < -0.39 is 0 Å². The summed E-state index contributed by atoms with van der Waals surface area (Å²) in [6.45, 7) is 15.4. The summed E-state index contributed by atoms with van der Waals surface area (Å²) in [6.07, 6.45) is 14.3. The first-order valence-corrected chi connectivity index (χ1v) is 16.2. The van der Waals surface area contributed by atoms with E-state index in [9.17, 15) is 0 Å². The second-order valence-electron chi connectivity index (χ2n) is 13.5. The van der Waals surface area contributed by atoms with Gasteiger partial charge in [-0.15, -0.1) is 0 Å². The number of hydrogen-bond donors (Lipinski definition) is 1. The second kappa shape index (κ2) is 11.0. The Morgan fingerprint density at radius 3 is 2.65 bits per heavy atom. The van der Waals surface area contributed by atoms with Crippen LogP contribution in [0, 0.1) is 18.3 Å². The molecule has 4 aliphatic rings. The normalized spacial score (nSPS) is 23.1. The summed E-state index contributed by atoms with van der Waals surface area (Å²) >= 11 is 0. The highest BCUT2D eigenvalue weighted by Crippen LogP contribution is 2.50. The molecule has 1 spiro atoms. The van der Waals surface area contributed by atoms with E-state index in [1.807, 2.05) is 24.9 Å². The van der Waals surface area contributed by atoms with Crippen molar-refractivity contribution in [2.24, 2.45) is 23.4 Å². The Hall–Kier alpha value is -3.87. The summed E-state index contributed by atoms with van der Waals surface area (Å²) in [4.78, 5) is 14.9. The molecule has 0 radical (unpaired) electrons. The van der Waals surface area contributed by atoms with Crippen LogP contribution in [0.15, 0.2) is 60.4 Å². The summed E-state index contributed by atoms with van der Waals surface area (Å²) in [5, 5.41) is 8.24. The molecule has 2 aromatic heterocycles. The molecule has 1 aliphatic carbocycles. The molecule has 1 N–H and O–H groups in total. The number of fused-ring (bicyclic) bond motifs is 7. The summed E-state index contributed by atoms with van der Waals surface area (Å²) in [7, 11) is 2.04. The average molecular weight is 576 g/mol. The van der Waals surface area contributed by atoms with Crippen LogP contribution in [0.5, 0.6) is 0 Å². The number of aryl methyl sites for hydroxylation is 2. The number of anilines is 3. The number of benzene rings is 1. The van der Waals surface area contributed by atoms with Crippen LogP contribution in [0.1, 0.15) is 81.7 Å². The molecule has 2 fully saturated rings. The maximum absolute atomic E-state index is 5.14. The molecule has 43 heavy (non-hydrogen) atoms. The second-order valence-corrected chi connectivity index (χ2v) is 13.5. The lowest BCUT2D eigenvalue weighted by Gasteiger charge is -2.42. The lowest BCUT2D eigenvalue weighted by molar-refractivity contribution is 0.249. The lowest BCUT2D eigenvalue weighted by atomic mass is 9.76. The van der Waals surface area contributed by atoms with Crippen molar-refractivity contribution in [3.8, 4) is 11.3 Å². The van der Waals surface area contributed by atoms with Gasteiger partial charge >= 0.3 is 0 Å². The number of pyridine rings is 1. The molecule has 0 amide bonds. The fourth-order valence-electron chi connectivity index (χ4n) is 7.91. The minimum atomic E-state index is 0.498. The minimum absolute atomic E-state index is 0.498. The molecule has 7 rings (SSSR count). The minimum Gasteiger partial charge on any atom is -0.346 e. The van der Waals surface area contributed by atoms with E-state index in [-0.39, 0.29) is 0 Å². The van der Waals surface area contributed by atoms with Gasteiger partial charge in [-0.3, -0.25) is 9.67 Å². The van der Waals surface area contributed by atoms with Crippen molar-refractivity contribution in [1.82, 2.24) is 14.8 Å². The third-order valence-corrected chi connectivity index (χ3v) is 10.3. The Morgan fingerprint density at radius 2 is 1.84 bits per heavy atom. The van der Waals surface area contributed by atoms with Crippen LogP contribution < -0.4 is 15.1 Å². The smallest absolute Gasteiger partial charge is 0.208 e. The van der Waals surface area contributed by atoms with Gasteiger partial charge in [0.2, 0.25) is 5.96 Å². The molecule has 1 atom stereocenters. The quantitative estimate of drug-likeness (QED) is 0.318. The predicted octanol–water partition coefficient (Wildman–Crippen LogP) is 8.09. The lowest BCUT2D eigenvalue weighted by Crippen LogP contribution is -2.37. The molecule has 1 saturated heterocycles. The number of aliphatic imine (C=N–C) groups is 1. The Labute approximate surface area is 256 Å². The van der Waals surface area contributed by atoms with Gasteiger partial charge in [0, 0.05) is 54.0 Å². The number of rotatable bonds is 1. The highest BCUT2D eigenvalue weighted by molar-refractivity contribution is 6.16. The fourth-order valence-corrected chi connectivity index (χ4v) is 7.91. The van der Waals surface area contributed by atoms with Gasteiger partial charge in [-0.05, 0) is 93.5 Å². The summed E-state index contributed by atoms with van der Waals surface area (Å²) in [5.74, 6) is 1.35. The summed E-state index contributed by atoms with van der Waals surface area (Å²) < 4.78 is 2.01. The number of nitrogens with one attached hydrogen (secondary N) is 1. The van der Waals surface area contributed by atoms with Crippen LogP contribution >= 0.6 is 0 Å². The van der Waals surface area contributed by atoms with Crippen LogP contribution in [0.3, 0.4) is 0 Å². The molecule has 0 unspecified atom stereocenters. The Bertz CT molecular complexity index is 1610. The number of hydrogen-bond acceptors (Lipinski definition) is 6. The van der Waals surface area contributed by atoms with Crippen LogP contribution in [-0.4, -0.2) is 33.8 Å². The van der Waals surface area contributed by atoms with E-state index in [0.29, 0.717) is 11.3 Å². The van der Waals surface area contributed by atoms with Crippen LogP contribution in [-0.2, 0) is 13.5 Å². The number of guanidine groups is 1. The topological polar surface area (TPSA) is 61.6 Å². The first kappa shape index (κ1) is 27.9. The van der Waals surface area contributed by atoms with Crippen molar-refractivity contribution in [3.05, 3.63) is 72.3 Å². The zero-order chi connectivity index (χ0) is 29.7. The molecule has 7 nitrogen and oxygen atoms in total. The van der Waals surface area contributed by atoms with Crippen molar-refractivity contribution in [2.75, 3.05) is 28.2 Å². The standard InChI is InChI=1S/C36H45N7/c1-24-10-6-7-11-33-30(22-37-41(33)5)32-19-28(18-25(2)38-32)27(4)39-35-40-31-13-12-29(20-34(31)43(35)23-24)42-17-16-36(21-26(42)3)14-8-9-15-36/h12-13,18-20,22,24H,3-4,6-11,14-17,21,23H2,1-2,5H3,(H,39,40)/t24-/m1/s1. The Kier molecular flexibility index (Phi) is 7.15. The highest BCUT2D eigenvalue weighted by Gasteiger charge is 2.39. The number of nitrogens with zero attached hydrogens (tertiary/aromatic N) is 6. The SMILES string of the molecule is C=C1/N=C2\Nc3ccc(N4CCC5(CCCC5)CC4=C)cc3N2C[C@H](C)CCCCc2c(cnn2C)-c2cc1cc(C)n2. The zero-order valence-electron chi connectivity index (χ0n) is 26.1. The maximum atomic E-state index is 5.14. The number of allylic oxidation sites excluding steroid dienone is 1. The molecule has 7 heteroatoms. The summed E-state index contributed by atoms with van der Waals surface area (Å²) in [5.41, 5.74) is 11.2. The van der Waals surface area contributed by atoms with Crippen LogP contribution in [0.25, 0.3) is 17.0 Å². The van der Waals surface area contributed by atoms with Gasteiger partial charge in [0.05, 0.1) is 29.0 Å². The molecular weight excluding hydrogens is 530 g/mol. The van der Waals surface area contributed by atoms with E-state index in [2.05, 4.69) is 70.6 Å². The van der Waals surface area contributed by atoms with E-state index >= 15 is 0 Å². The van der Waals surface area contributed by atoms with Gasteiger partial charge < -0.3 is 15.1 Å². The van der Waals surface area contributed by atoms with Gasteiger partial charge in [0.1, 0.15) is 0 Å². The maximum Gasteiger partial charge on any atom is 0.208 e. The van der Waals surface area contributed by atoms with Crippen molar-refractivity contribution >= 4 is 28.7 Å². The van der Waals surface area contributed by atoms with E-state index in [0.717, 1.165) is 78.6 Å². The first-order valence-electron chi connectivity index (χ1n) is 16.2. The Morgan fingerprint density at radius 1 is 1.00 bits per heavy atom. The average Bonchev–Trinajstić information content (AvgIpc) is 3.68. The Balaban J connectivity index is 1.23. The van der Waals surface area contributed by atoms with Gasteiger partial charge in [0.15, 0.2) is 0 Å². The molecule has 224 valence electrons. The van der Waals surface area contributed by atoms with Crippen molar-refractivity contribution in [2.45, 2.75) is 78.1 Å². The number of aromatic nitrogens is 3. The molecule has 2 bridgehead atoms. The van der Waals surface area contributed by atoms with Crippen molar-refractivity contribution in [3.63, 3.8) is 0 Å². The van der Waals surface area contributed by atoms with Crippen LogP contribution in [0.2, 0.25) is 0 Å². The zero-order valence-corrected chi connectivity index (χ0v) is 26.1. The van der Waals surface area contributed by atoms with E-state index in [4.69, 9.17) is 9.98 Å². The van der Waals surface area contributed by atoms with Gasteiger partial charge in [-0.25, -0.2) is 4.99 Å². The molecule has 1 aromatic carbocycles. The third kappa shape index (κ3) is 5.28. The predicted molar refractivity (Wildman–Crippen MR) is 178 cm³/mol. The first-order chi connectivity index (χ1) is 20.8. The summed E-state index contributed by atoms with van der Waals surface area (Å²) in [6, 6.07) is 11.0. The molecule has 3 aliphatic heterocycles. The molecule has 5 heterocycles. The molecular formula is C36H45N7. The van der Waals surface area contributed by atoms with Crippen LogP contribution in [0.4, 0.5) is 17.1 Å².